The molecule has 2 aromatic rings. The van der Waals surface area contributed by atoms with Crippen LogP contribution in [0.3, 0.4) is 0 Å². The topological polar surface area (TPSA) is 37.8 Å². The van der Waals surface area contributed by atoms with E-state index in [2.05, 4.69) is 29.1 Å². The Bertz CT molecular complexity index is 451. The van der Waals surface area contributed by atoms with Crippen LogP contribution in [-0.4, -0.2) is 16.5 Å². The zero-order valence-corrected chi connectivity index (χ0v) is 10.3. The fraction of sp³-hybridized carbons (Fsp3) is 0.333. The number of halogens is 1. The molecule has 86 valence electrons. The Kier molecular flexibility index (Phi) is 4.50. The molecule has 4 heteroatoms. The monoisotopic (exact) mass is 237 g/mol. The molecule has 0 bridgehead atoms. The summed E-state index contributed by atoms with van der Waals surface area (Å²) in [4.78, 5) is 8.47. The molecule has 1 aromatic carbocycles. The van der Waals surface area contributed by atoms with Crippen molar-refractivity contribution in [2.75, 3.05) is 11.9 Å². The minimum Gasteiger partial charge on any atom is -0.369 e. The van der Waals surface area contributed by atoms with E-state index in [0.717, 1.165) is 23.3 Å². The predicted octanol–water partition coefficient (Wildman–Crippen LogP) is 3.12. The summed E-state index contributed by atoms with van der Waals surface area (Å²) >= 11 is 0. The SMILES string of the molecule is CC(C)CNc1ncnc2ccccc12.Cl. The summed E-state index contributed by atoms with van der Waals surface area (Å²) in [6.07, 6.45) is 1.60. The lowest BCUT2D eigenvalue weighted by atomic mass is 10.2. The minimum atomic E-state index is 0. The lowest BCUT2D eigenvalue weighted by Crippen LogP contribution is -2.09. The molecule has 16 heavy (non-hydrogen) atoms. The van der Waals surface area contributed by atoms with Crippen LogP contribution in [0.5, 0.6) is 0 Å². The summed E-state index contributed by atoms with van der Waals surface area (Å²) < 4.78 is 0. The van der Waals surface area contributed by atoms with Crippen LogP contribution in [0.1, 0.15) is 13.8 Å². The number of aromatic nitrogens is 2. The van der Waals surface area contributed by atoms with Crippen LogP contribution in [0.15, 0.2) is 30.6 Å². The Labute approximate surface area is 102 Å². The molecular formula is C12H16ClN3. The van der Waals surface area contributed by atoms with Crippen molar-refractivity contribution in [1.29, 1.82) is 0 Å². The van der Waals surface area contributed by atoms with Crippen LogP contribution in [0.25, 0.3) is 10.9 Å². The van der Waals surface area contributed by atoms with Crippen molar-refractivity contribution < 1.29 is 0 Å². The summed E-state index contributed by atoms with van der Waals surface area (Å²) in [5, 5.41) is 4.42. The highest BCUT2D eigenvalue weighted by Gasteiger charge is 2.02. The number of hydrogen-bond acceptors (Lipinski definition) is 3. The molecule has 0 saturated carbocycles. The van der Waals surface area contributed by atoms with E-state index in [-0.39, 0.29) is 12.4 Å². The first-order valence-corrected chi connectivity index (χ1v) is 5.21. The number of fused-ring (bicyclic) bond motifs is 1. The third-order valence-electron chi connectivity index (χ3n) is 2.22. The highest BCUT2D eigenvalue weighted by molar-refractivity contribution is 5.88. The predicted molar refractivity (Wildman–Crippen MR) is 70.1 cm³/mol. The Morgan fingerprint density at radius 2 is 1.94 bits per heavy atom. The maximum absolute atomic E-state index is 4.26. The van der Waals surface area contributed by atoms with Gasteiger partial charge in [-0.3, -0.25) is 0 Å². The molecule has 0 aliphatic rings. The van der Waals surface area contributed by atoms with Gasteiger partial charge < -0.3 is 5.32 Å². The fourth-order valence-electron chi connectivity index (χ4n) is 1.45. The van der Waals surface area contributed by atoms with Gasteiger partial charge in [-0.1, -0.05) is 26.0 Å². The van der Waals surface area contributed by atoms with Crippen molar-refractivity contribution in [3.63, 3.8) is 0 Å². The summed E-state index contributed by atoms with van der Waals surface area (Å²) in [5.41, 5.74) is 0.985. The normalized spacial score (nSPS) is 10.2. The second-order valence-corrected chi connectivity index (χ2v) is 4.01. The maximum Gasteiger partial charge on any atom is 0.137 e. The molecule has 0 saturated heterocycles. The van der Waals surface area contributed by atoms with Gasteiger partial charge >= 0.3 is 0 Å². The van der Waals surface area contributed by atoms with Crippen molar-refractivity contribution in [2.45, 2.75) is 13.8 Å². The lowest BCUT2D eigenvalue weighted by molar-refractivity contribution is 0.687. The molecule has 0 aliphatic carbocycles. The molecule has 0 fully saturated rings. The molecule has 2 rings (SSSR count). The van der Waals surface area contributed by atoms with Gasteiger partial charge in [0.05, 0.1) is 5.52 Å². The van der Waals surface area contributed by atoms with Crippen molar-refractivity contribution >= 4 is 29.1 Å². The minimum absolute atomic E-state index is 0. The first kappa shape index (κ1) is 12.7. The quantitative estimate of drug-likeness (QED) is 0.892. The smallest absolute Gasteiger partial charge is 0.137 e. The Morgan fingerprint density at radius 1 is 1.19 bits per heavy atom. The molecule has 0 spiro atoms. The van der Waals surface area contributed by atoms with Gasteiger partial charge in [-0.25, -0.2) is 9.97 Å². The van der Waals surface area contributed by atoms with E-state index in [1.807, 2.05) is 24.3 Å². The number of para-hydroxylation sites is 1. The largest absolute Gasteiger partial charge is 0.369 e. The van der Waals surface area contributed by atoms with E-state index < -0.39 is 0 Å². The Morgan fingerprint density at radius 3 is 2.69 bits per heavy atom. The number of nitrogens with one attached hydrogen (secondary N) is 1. The Balaban J connectivity index is 0.00000128. The molecule has 3 nitrogen and oxygen atoms in total. The van der Waals surface area contributed by atoms with E-state index in [1.54, 1.807) is 6.33 Å². The fourth-order valence-corrected chi connectivity index (χ4v) is 1.45. The molecule has 1 heterocycles. The van der Waals surface area contributed by atoms with Crippen LogP contribution >= 0.6 is 12.4 Å². The number of nitrogens with zero attached hydrogens (tertiary/aromatic N) is 2. The molecule has 0 aliphatic heterocycles. The zero-order valence-electron chi connectivity index (χ0n) is 9.47. The van der Waals surface area contributed by atoms with Crippen LogP contribution in [-0.2, 0) is 0 Å². The zero-order chi connectivity index (χ0) is 10.7. The molecule has 0 unspecified atom stereocenters. The second kappa shape index (κ2) is 5.66. The highest BCUT2D eigenvalue weighted by Crippen LogP contribution is 2.18. The molecule has 0 radical (unpaired) electrons. The average Bonchev–Trinajstić information content (AvgIpc) is 2.26. The van der Waals surface area contributed by atoms with Crippen LogP contribution in [0.4, 0.5) is 5.82 Å². The summed E-state index contributed by atoms with van der Waals surface area (Å²) in [6, 6.07) is 8.03. The average molecular weight is 238 g/mol. The van der Waals surface area contributed by atoms with Gasteiger partial charge in [0.1, 0.15) is 12.1 Å². The van der Waals surface area contributed by atoms with Gasteiger partial charge in [0.2, 0.25) is 0 Å². The van der Waals surface area contributed by atoms with Gasteiger partial charge in [0.25, 0.3) is 0 Å². The van der Waals surface area contributed by atoms with Crippen LogP contribution in [0, 0.1) is 5.92 Å². The van der Waals surface area contributed by atoms with Gasteiger partial charge in [0, 0.05) is 11.9 Å². The van der Waals surface area contributed by atoms with Gasteiger partial charge in [0.15, 0.2) is 0 Å². The third-order valence-corrected chi connectivity index (χ3v) is 2.22. The standard InChI is InChI=1S/C12H15N3.ClH/c1-9(2)7-13-12-10-5-3-4-6-11(10)14-8-15-12;/h3-6,8-9H,7H2,1-2H3,(H,13,14,15);1H. The van der Waals surface area contributed by atoms with E-state index in [9.17, 15) is 0 Å². The third kappa shape index (κ3) is 2.83. The molecule has 1 N–H and O–H groups in total. The molecule has 0 atom stereocenters. The Hall–Kier alpha value is -1.35. The second-order valence-electron chi connectivity index (χ2n) is 4.01. The number of rotatable bonds is 3. The van der Waals surface area contributed by atoms with Crippen molar-refractivity contribution in [1.82, 2.24) is 9.97 Å². The number of anilines is 1. The first-order valence-electron chi connectivity index (χ1n) is 5.21. The summed E-state index contributed by atoms with van der Waals surface area (Å²) in [6.45, 7) is 5.29. The van der Waals surface area contributed by atoms with Crippen LogP contribution in [0.2, 0.25) is 0 Å². The lowest BCUT2D eigenvalue weighted by Gasteiger charge is -2.09. The van der Waals surface area contributed by atoms with E-state index in [1.165, 1.54) is 0 Å². The molecular weight excluding hydrogens is 222 g/mol. The first-order chi connectivity index (χ1) is 7.27. The van der Waals surface area contributed by atoms with E-state index >= 15 is 0 Å². The molecule has 0 amide bonds. The summed E-state index contributed by atoms with van der Waals surface area (Å²) in [5.74, 6) is 1.54. The summed E-state index contributed by atoms with van der Waals surface area (Å²) in [7, 11) is 0. The number of benzene rings is 1. The van der Waals surface area contributed by atoms with Gasteiger partial charge in [-0.2, -0.15) is 0 Å². The highest BCUT2D eigenvalue weighted by atomic mass is 35.5. The van der Waals surface area contributed by atoms with Crippen LogP contribution < -0.4 is 5.32 Å². The molecule has 1 aromatic heterocycles. The maximum atomic E-state index is 4.26. The van der Waals surface area contributed by atoms with Crippen molar-refractivity contribution in [2.24, 2.45) is 5.92 Å². The van der Waals surface area contributed by atoms with Crippen molar-refractivity contribution in [3.8, 4) is 0 Å². The number of hydrogen-bond donors (Lipinski definition) is 1. The van der Waals surface area contributed by atoms with Gasteiger partial charge in [-0.05, 0) is 18.1 Å². The van der Waals surface area contributed by atoms with Crippen molar-refractivity contribution in [3.05, 3.63) is 30.6 Å². The van der Waals surface area contributed by atoms with E-state index in [4.69, 9.17) is 0 Å². The van der Waals surface area contributed by atoms with E-state index in [0.29, 0.717) is 5.92 Å². The van der Waals surface area contributed by atoms with Gasteiger partial charge in [-0.15, -0.1) is 12.4 Å².